The molecule has 0 saturated heterocycles. The van der Waals surface area contributed by atoms with Gasteiger partial charge in [-0.2, -0.15) is 0 Å². The fraction of sp³-hybridized carbons (Fsp3) is 1.00. The Balaban J connectivity index is 4.01. The lowest BCUT2D eigenvalue weighted by Crippen LogP contribution is -2.42. The molecule has 3 nitrogen and oxygen atoms in total. The highest BCUT2D eigenvalue weighted by Crippen LogP contribution is 2.19. The van der Waals surface area contributed by atoms with E-state index in [0.717, 1.165) is 0 Å². The molecule has 0 atom stereocenters. The first kappa shape index (κ1) is 10.9. The van der Waals surface area contributed by atoms with E-state index >= 15 is 0 Å². The van der Waals surface area contributed by atoms with Crippen LogP contribution in [-0.4, -0.2) is 48.0 Å². The molecule has 0 saturated carbocycles. The first-order chi connectivity index (χ1) is 5.06. The molecular weight excluding hydrogens is 142 g/mol. The lowest BCUT2D eigenvalue weighted by molar-refractivity contribution is 0.0932. The number of aliphatic hydroxyl groups excluding tert-OH is 2. The molecule has 0 fully saturated rings. The van der Waals surface area contributed by atoms with Crippen molar-refractivity contribution in [3.8, 4) is 0 Å². The van der Waals surface area contributed by atoms with Gasteiger partial charge in [-0.15, -0.1) is 0 Å². The highest BCUT2D eigenvalue weighted by Gasteiger charge is 2.24. The van der Waals surface area contributed by atoms with Gasteiger partial charge < -0.3 is 15.1 Å². The van der Waals surface area contributed by atoms with Crippen LogP contribution in [0.15, 0.2) is 0 Å². The average Bonchev–Trinajstić information content (AvgIpc) is 1.88. The van der Waals surface area contributed by atoms with Crippen molar-refractivity contribution in [3.63, 3.8) is 0 Å². The number of hydrogen-bond donors (Lipinski definition) is 2. The normalized spacial score (nSPS) is 12.5. The number of aliphatic hydroxyl groups is 2. The van der Waals surface area contributed by atoms with Crippen molar-refractivity contribution in [2.45, 2.75) is 25.3 Å². The summed E-state index contributed by atoms with van der Waals surface area (Å²) in [4.78, 5) is 2.04. The van der Waals surface area contributed by atoms with Gasteiger partial charge in [0.15, 0.2) is 0 Å². The number of hydrogen-bond acceptors (Lipinski definition) is 3. The van der Waals surface area contributed by atoms with Gasteiger partial charge in [0.2, 0.25) is 0 Å². The van der Waals surface area contributed by atoms with Crippen LogP contribution in [0.2, 0.25) is 0 Å². The molecular formula is C8H19NO2. The maximum absolute atomic E-state index is 8.77. The van der Waals surface area contributed by atoms with Crippen LogP contribution < -0.4 is 0 Å². The zero-order chi connectivity index (χ0) is 8.91. The molecule has 0 unspecified atom stereocenters. The van der Waals surface area contributed by atoms with Gasteiger partial charge in [0.1, 0.15) is 0 Å². The quantitative estimate of drug-likeness (QED) is 0.600. The Morgan fingerprint density at radius 3 is 1.64 bits per heavy atom. The molecule has 0 aliphatic heterocycles. The predicted octanol–water partition coefficient (Wildman–Crippen LogP) is 0.0715. The molecule has 0 spiro atoms. The Labute approximate surface area is 68.6 Å². The fourth-order valence-corrected chi connectivity index (χ4v) is 1.05. The molecule has 0 aromatic carbocycles. The zero-order valence-electron chi connectivity index (χ0n) is 7.67. The summed E-state index contributed by atoms with van der Waals surface area (Å²) in [7, 11) is 3.93. The van der Waals surface area contributed by atoms with Crippen molar-refractivity contribution in [1.29, 1.82) is 0 Å². The van der Waals surface area contributed by atoms with Crippen molar-refractivity contribution in [1.82, 2.24) is 4.90 Å². The van der Waals surface area contributed by atoms with Gasteiger partial charge in [0, 0.05) is 18.8 Å². The Bertz CT molecular complexity index is 98.3. The van der Waals surface area contributed by atoms with Crippen LogP contribution in [0.25, 0.3) is 0 Å². The highest BCUT2D eigenvalue weighted by molar-refractivity contribution is 4.81. The Hall–Kier alpha value is -0.120. The monoisotopic (exact) mass is 161 g/mol. The third-order valence-corrected chi connectivity index (χ3v) is 2.38. The van der Waals surface area contributed by atoms with Crippen molar-refractivity contribution < 1.29 is 10.2 Å². The molecule has 0 rings (SSSR count). The largest absolute Gasteiger partial charge is 0.396 e. The first-order valence-corrected chi connectivity index (χ1v) is 3.96. The topological polar surface area (TPSA) is 43.7 Å². The van der Waals surface area contributed by atoms with Gasteiger partial charge >= 0.3 is 0 Å². The SMILES string of the molecule is CN(C)C(C)(CCO)CCO. The van der Waals surface area contributed by atoms with Crippen LogP contribution in [-0.2, 0) is 0 Å². The second kappa shape index (κ2) is 4.70. The smallest absolute Gasteiger partial charge is 0.0448 e. The van der Waals surface area contributed by atoms with E-state index in [0.29, 0.717) is 12.8 Å². The summed E-state index contributed by atoms with van der Waals surface area (Å²) in [5.41, 5.74) is -0.0660. The molecule has 0 aromatic rings. The Morgan fingerprint density at radius 2 is 1.45 bits per heavy atom. The second-order valence-corrected chi connectivity index (χ2v) is 3.34. The molecule has 11 heavy (non-hydrogen) atoms. The average molecular weight is 161 g/mol. The first-order valence-electron chi connectivity index (χ1n) is 3.96. The minimum absolute atomic E-state index is 0.0660. The molecule has 0 radical (unpaired) electrons. The van der Waals surface area contributed by atoms with Gasteiger partial charge in [0.25, 0.3) is 0 Å². The van der Waals surface area contributed by atoms with Crippen molar-refractivity contribution in [3.05, 3.63) is 0 Å². The molecule has 0 aromatic heterocycles. The molecule has 3 heteroatoms. The Morgan fingerprint density at radius 1 is 1.09 bits per heavy atom. The molecule has 0 heterocycles. The van der Waals surface area contributed by atoms with Gasteiger partial charge in [0.05, 0.1) is 0 Å². The predicted molar refractivity (Wildman–Crippen MR) is 45.5 cm³/mol. The van der Waals surface area contributed by atoms with Crippen LogP contribution in [0.3, 0.4) is 0 Å². The minimum atomic E-state index is -0.0660. The fourth-order valence-electron chi connectivity index (χ4n) is 1.05. The third-order valence-electron chi connectivity index (χ3n) is 2.38. The molecule has 68 valence electrons. The molecule has 0 aliphatic rings. The summed E-state index contributed by atoms with van der Waals surface area (Å²) in [6.07, 6.45) is 1.42. The van der Waals surface area contributed by atoms with Gasteiger partial charge in [-0.25, -0.2) is 0 Å². The van der Waals surface area contributed by atoms with Crippen LogP contribution in [0, 0.1) is 0 Å². The van der Waals surface area contributed by atoms with Crippen molar-refractivity contribution >= 4 is 0 Å². The summed E-state index contributed by atoms with van der Waals surface area (Å²) in [6, 6.07) is 0. The Kier molecular flexibility index (Phi) is 4.65. The summed E-state index contributed by atoms with van der Waals surface area (Å²) >= 11 is 0. The zero-order valence-corrected chi connectivity index (χ0v) is 7.67. The van der Waals surface area contributed by atoms with Crippen molar-refractivity contribution in [2.75, 3.05) is 27.3 Å². The van der Waals surface area contributed by atoms with E-state index < -0.39 is 0 Å². The second-order valence-electron chi connectivity index (χ2n) is 3.34. The van der Waals surface area contributed by atoms with Crippen LogP contribution in [0.5, 0.6) is 0 Å². The van der Waals surface area contributed by atoms with E-state index in [-0.39, 0.29) is 18.8 Å². The minimum Gasteiger partial charge on any atom is -0.396 e. The van der Waals surface area contributed by atoms with Crippen LogP contribution in [0.1, 0.15) is 19.8 Å². The van der Waals surface area contributed by atoms with Gasteiger partial charge in [-0.1, -0.05) is 0 Å². The maximum atomic E-state index is 8.77. The molecule has 0 amide bonds. The highest BCUT2D eigenvalue weighted by atomic mass is 16.3. The third kappa shape index (κ3) is 3.18. The summed E-state index contributed by atoms with van der Waals surface area (Å²) in [6.45, 7) is 2.39. The van der Waals surface area contributed by atoms with Gasteiger partial charge in [-0.3, -0.25) is 0 Å². The van der Waals surface area contributed by atoms with Crippen LogP contribution in [0.4, 0.5) is 0 Å². The number of rotatable bonds is 5. The van der Waals surface area contributed by atoms with E-state index in [1.165, 1.54) is 0 Å². The van der Waals surface area contributed by atoms with Crippen molar-refractivity contribution in [2.24, 2.45) is 0 Å². The van der Waals surface area contributed by atoms with E-state index in [4.69, 9.17) is 10.2 Å². The van der Waals surface area contributed by atoms with Gasteiger partial charge in [-0.05, 0) is 33.9 Å². The summed E-state index contributed by atoms with van der Waals surface area (Å²) < 4.78 is 0. The standard InChI is InChI=1S/C8H19NO2/c1-8(4-6-10,5-7-11)9(2)3/h10-11H,4-7H2,1-3H3. The lowest BCUT2D eigenvalue weighted by Gasteiger charge is -2.35. The summed E-state index contributed by atoms with van der Waals surface area (Å²) in [5.74, 6) is 0. The lowest BCUT2D eigenvalue weighted by atomic mass is 9.93. The van der Waals surface area contributed by atoms with Crippen LogP contribution >= 0.6 is 0 Å². The maximum Gasteiger partial charge on any atom is 0.0448 e. The molecule has 0 aliphatic carbocycles. The molecule has 2 N–H and O–H groups in total. The number of nitrogens with zero attached hydrogens (tertiary/aromatic N) is 1. The van der Waals surface area contributed by atoms with E-state index in [2.05, 4.69) is 0 Å². The summed E-state index contributed by atoms with van der Waals surface area (Å²) in [5, 5.41) is 17.5. The van der Waals surface area contributed by atoms with E-state index in [1.807, 2.05) is 25.9 Å². The molecule has 0 bridgehead atoms. The van der Waals surface area contributed by atoms with E-state index in [1.54, 1.807) is 0 Å². The van der Waals surface area contributed by atoms with E-state index in [9.17, 15) is 0 Å².